The number of carboxylic acid groups (broad SMARTS) is 1. The van der Waals surface area contributed by atoms with Crippen LogP contribution in [0.25, 0.3) is 0 Å². The molecule has 0 fully saturated rings. The highest BCUT2D eigenvalue weighted by Crippen LogP contribution is 2.06. The molecule has 0 atom stereocenters. The van der Waals surface area contributed by atoms with E-state index in [-0.39, 0.29) is 12.2 Å². The lowest BCUT2D eigenvalue weighted by molar-refractivity contribution is -0.132. The van der Waals surface area contributed by atoms with Crippen LogP contribution in [0.4, 0.5) is 0 Å². The molecule has 0 aliphatic rings. The van der Waals surface area contributed by atoms with Gasteiger partial charge in [0.1, 0.15) is 0 Å². The molecule has 0 heterocycles. The molecule has 0 radical (unpaired) electrons. The summed E-state index contributed by atoms with van der Waals surface area (Å²) in [6.07, 6.45) is 2.93. The minimum absolute atomic E-state index is 0.180. The van der Waals surface area contributed by atoms with Crippen LogP contribution in [0, 0.1) is 0 Å². The molecule has 0 aromatic carbocycles. The second kappa shape index (κ2) is 5.92. The maximum Gasteiger partial charge on any atom is 0.330 e. The minimum atomic E-state index is -0.922. The van der Waals surface area contributed by atoms with Crippen LogP contribution in [0.5, 0.6) is 0 Å². The van der Waals surface area contributed by atoms with E-state index in [1.165, 1.54) is 0 Å². The largest absolute Gasteiger partial charge is 0.478 e. The van der Waals surface area contributed by atoms with Gasteiger partial charge in [-0.15, -0.1) is 0 Å². The average Bonchev–Trinajstić information content (AvgIpc) is 1.97. The average molecular weight is 158 g/mol. The molecule has 0 saturated carbocycles. The molecule has 0 aliphatic heterocycles. The first-order chi connectivity index (χ1) is 5.18. The maximum atomic E-state index is 10.2. The zero-order chi connectivity index (χ0) is 8.69. The molecule has 64 valence electrons. The molecule has 0 saturated heterocycles. The highest BCUT2D eigenvalue weighted by Gasteiger charge is 2.01. The Morgan fingerprint density at radius 2 is 1.91 bits per heavy atom. The molecule has 2 N–H and O–H groups in total. The number of hydrogen-bond donors (Lipinski definition) is 2. The summed E-state index contributed by atoms with van der Waals surface area (Å²) in [4.78, 5) is 10.2. The molecule has 0 aliphatic carbocycles. The Labute approximate surface area is 66.4 Å². The number of hydrogen-bond acceptors (Lipinski definition) is 2. The number of unbranched alkanes of at least 4 members (excludes halogenated alkanes) is 2. The molecule has 0 unspecified atom stereocenters. The van der Waals surface area contributed by atoms with Crippen molar-refractivity contribution >= 4 is 5.97 Å². The van der Waals surface area contributed by atoms with Gasteiger partial charge in [-0.3, -0.25) is 0 Å². The lowest BCUT2D eigenvalue weighted by Crippen LogP contribution is -1.98. The van der Waals surface area contributed by atoms with Gasteiger partial charge in [0, 0.05) is 12.2 Å². The van der Waals surface area contributed by atoms with Crippen LogP contribution in [0.2, 0.25) is 0 Å². The van der Waals surface area contributed by atoms with Gasteiger partial charge in [0.05, 0.1) is 0 Å². The summed E-state index contributed by atoms with van der Waals surface area (Å²) in [6.45, 7) is 3.57. The highest BCUT2D eigenvalue weighted by molar-refractivity contribution is 5.85. The lowest BCUT2D eigenvalue weighted by Gasteiger charge is -1.98. The number of aliphatic carboxylic acids is 1. The van der Waals surface area contributed by atoms with Crippen molar-refractivity contribution in [1.82, 2.24) is 0 Å². The van der Waals surface area contributed by atoms with E-state index >= 15 is 0 Å². The molecule has 0 spiro atoms. The molecule has 0 rings (SSSR count). The van der Waals surface area contributed by atoms with E-state index in [1.54, 1.807) is 0 Å². The second-order valence-corrected chi connectivity index (χ2v) is 2.44. The van der Waals surface area contributed by atoms with Crippen LogP contribution in [-0.2, 0) is 4.79 Å². The monoisotopic (exact) mass is 158 g/mol. The predicted molar refractivity (Wildman–Crippen MR) is 42.3 cm³/mol. The fourth-order valence-corrected chi connectivity index (χ4v) is 0.734. The summed E-state index contributed by atoms with van der Waals surface area (Å²) in [5, 5.41) is 16.8. The minimum Gasteiger partial charge on any atom is -0.478 e. The van der Waals surface area contributed by atoms with Crippen molar-refractivity contribution in [3.05, 3.63) is 12.2 Å². The highest BCUT2D eigenvalue weighted by atomic mass is 16.4. The number of rotatable bonds is 6. The summed E-state index contributed by atoms with van der Waals surface area (Å²) in [6, 6.07) is 0. The molecule has 0 aromatic heterocycles. The van der Waals surface area contributed by atoms with E-state index in [0.29, 0.717) is 6.42 Å². The van der Waals surface area contributed by atoms with E-state index in [9.17, 15) is 4.79 Å². The summed E-state index contributed by atoms with van der Waals surface area (Å²) in [5.74, 6) is -0.922. The fraction of sp³-hybridized carbons (Fsp3) is 0.625. The Kier molecular flexibility index (Phi) is 5.47. The topological polar surface area (TPSA) is 57.5 Å². The van der Waals surface area contributed by atoms with Crippen molar-refractivity contribution in [2.24, 2.45) is 0 Å². The molecule has 0 aromatic rings. The van der Waals surface area contributed by atoms with Gasteiger partial charge in [-0.05, 0) is 19.3 Å². The van der Waals surface area contributed by atoms with Gasteiger partial charge in [-0.25, -0.2) is 4.79 Å². The van der Waals surface area contributed by atoms with Crippen LogP contribution in [0.3, 0.4) is 0 Å². The Morgan fingerprint density at radius 1 is 1.27 bits per heavy atom. The van der Waals surface area contributed by atoms with Gasteiger partial charge in [-0.1, -0.05) is 13.0 Å². The summed E-state index contributed by atoms with van der Waals surface area (Å²) in [7, 11) is 0. The third kappa shape index (κ3) is 5.61. The van der Waals surface area contributed by atoms with E-state index in [4.69, 9.17) is 10.2 Å². The molecule has 11 heavy (non-hydrogen) atoms. The molecular formula is C8H14O3. The van der Waals surface area contributed by atoms with Crippen LogP contribution in [0.15, 0.2) is 12.2 Å². The summed E-state index contributed by atoms with van der Waals surface area (Å²) in [5.41, 5.74) is 0.253. The van der Waals surface area contributed by atoms with E-state index in [0.717, 1.165) is 19.3 Å². The molecule has 3 nitrogen and oxygen atoms in total. The Hall–Kier alpha value is -0.830. The summed E-state index contributed by atoms with van der Waals surface area (Å²) < 4.78 is 0. The first-order valence-corrected chi connectivity index (χ1v) is 3.70. The van der Waals surface area contributed by atoms with Gasteiger partial charge in [-0.2, -0.15) is 0 Å². The van der Waals surface area contributed by atoms with Gasteiger partial charge >= 0.3 is 5.97 Å². The van der Waals surface area contributed by atoms with E-state index < -0.39 is 5.97 Å². The molecule has 0 amide bonds. The molecule has 0 bridgehead atoms. The first-order valence-electron chi connectivity index (χ1n) is 3.70. The fourth-order valence-electron chi connectivity index (χ4n) is 0.734. The Morgan fingerprint density at radius 3 is 2.36 bits per heavy atom. The van der Waals surface area contributed by atoms with Crippen LogP contribution >= 0.6 is 0 Å². The molecule has 3 heteroatoms. The van der Waals surface area contributed by atoms with Crippen molar-refractivity contribution in [2.75, 3.05) is 6.61 Å². The van der Waals surface area contributed by atoms with Gasteiger partial charge in [0.25, 0.3) is 0 Å². The van der Waals surface area contributed by atoms with Crippen molar-refractivity contribution in [3.8, 4) is 0 Å². The van der Waals surface area contributed by atoms with Gasteiger partial charge < -0.3 is 10.2 Å². The second-order valence-electron chi connectivity index (χ2n) is 2.44. The van der Waals surface area contributed by atoms with E-state index in [2.05, 4.69) is 6.58 Å². The van der Waals surface area contributed by atoms with Crippen LogP contribution < -0.4 is 0 Å². The zero-order valence-corrected chi connectivity index (χ0v) is 6.55. The third-order valence-corrected chi connectivity index (χ3v) is 1.44. The van der Waals surface area contributed by atoms with Gasteiger partial charge in [0.15, 0.2) is 0 Å². The third-order valence-electron chi connectivity index (χ3n) is 1.44. The van der Waals surface area contributed by atoms with Crippen LogP contribution in [-0.4, -0.2) is 22.8 Å². The normalized spacial score (nSPS) is 9.55. The number of carbonyl (C=O) groups is 1. The predicted octanol–water partition coefficient (Wildman–Crippen LogP) is 1.18. The quantitative estimate of drug-likeness (QED) is 0.450. The Bertz CT molecular complexity index is 140. The number of carboxylic acids is 1. The van der Waals surface area contributed by atoms with Crippen molar-refractivity contribution in [3.63, 3.8) is 0 Å². The number of aliphatic hydroxyl groups excluding tert-OH is 1. The summed E-state index contributed by atoms with van der Waals surface area (Å²) >= 11 is 0. The number of aliphatic hydroxyl groups is 1. The van der Waals surface area contributed by atoms with Gasteiger partial charge in [0.2, 0.25) is 0 Å². The van der Waals surface area contributed by atoms with Crippen molar-refractivity contribution in [1.29, 1.82) is 0 Å². The lowest BCUT2D eigenvalue weighted by atomic mass is 10.1. The molecular weight excluding hydrogens is 144 g/mol. The van der Waals surface area contributed by atoms with Crippen LogP contribution in [0.1, 0.15) is 25.7 Å². The standard InChI is InChI=1S/C8H14O3/c1-7(8(10)11)5-3-2-4-6-9/h9H,1-6H2,(H,10,11). The van der Waals surface area contributed by atoms with E-state index in [1.807, 2.05) is 0 Å². The zero-order valence-electron chi connectivity index (χ0n) is 6.55. The Balaban J connectivity index is 3.25. The van der Waals surface area contributed by atoms with Crippen molar-refractivity contribution in [2.45, 2.75) is 25.7 Å². The maximum absolute atomic E-state index is 10.2. The first kappa shape index (κ1) is 10.2. The SMILES string of the molecule is C=C(CCCCCO)C(=O)O. The van der Waals surface area contributed by atoms with Crippen molar-refractivity contribution < 1.29 is 15.0 Å². The smallest absolute Gasteiger partial charge is 0.330 e.